The second-order valence-electron chi connectivity index (χ2n) is 8.63. The molecule has 2 heteroatoms. The Labute approximate surface area is 180 Å². The Morgan fingerprint density at radius 2 is 1.20 bits per heavy atom. The summed E-state index contributed by atoms with van der Waals surface area (Å²) >= 11 is 0. The minimum atomic E-state index is -0.655. The summed E-state index contributed by atoms with van der Waals surface area (Å²) < 4.78 is 12.8. The highest BCUT2D eigenvalue weighted by Gasteiger charge is 2.43. The molecular formula is C28H32O2. The number of epoxide rings is 1. The molecule has 0 aromatic heterocycles. The first kappa shape index (κ1) is 20.8. The summed E-state index contributed by atoms with van der Waals surface area (Å²) in [6.07, 6.45) is 4.13. The van der Waals surface area contributed by atoms with Gasteiger partial charge in [0.2, 0.25) is 0 Å². The molecule has 0 bridgehead atoms. The Kier molecular flexibility index (Phi) is 6.66. The maximum absolute atomic E-state index is 6.84. The van der Waals surface area contributed by atoms with Crippen LogP contribution in [0.1, 0.15) is 49.8 Å². The standard InChI is InChI=1S/C28H32O2/c1-22(2)13-12-20-26-27(30-26)21-29-28(23-14-6-3-7-15-23,24-16-8-4-9-17-24)25-18-10-5-11-19-25/h3-11,14-19,22,26-27H,12-13,20-21H2,1-2H3/t26-,27+/m1/s1. The van der Waals surface area contributed by atoms with E-state index in [1.807, 2.05) is 0 Å². The van der Waals surface area contributed by atoms with Gasteiger partial charge in [-0.15, -0.1) is 0 Å². The van der Waals surface area contributed by atoms with Gasteiger partial charge in [-0.05, 0) is 29.0 Å². The van der Waals surface area contributed by atoms with Crippen molar-refractivity contribution in [3.63, 3.8) is 0 Å². The maximum atomic E-state index is 6.84. The highest BCUT2D eigenvalue weighted by atomic mass is 16.6. The number of hydrogen-bond acceptors (Lipinski definition) is 2. The Morgan fingerprint density at radius 3 is 1.63 bits per heavy atom. The topological polar surface area (TPSA) is 21.8 Å². The van der Waals surface area contributed by atoms with Crippen LogP contribution in [0.2, 0.25) is 0 Å². The van der Waals surface area contributed by atoms with Gasteiger partial charge in [0, 0.05) is 0 Å². The first-order chi connectivity index (χ1) is 14.7. The van der Waals surface area contributed by atoms with Crippen molar-refractivity contribution in [2.75, 3.05) is 6.61 Å². The van der Waals surface area contributed by atoms with Gasteiger partial charge in [-0.3, -0.25) is 0 Å². The summed E-state index contributed by atoms with van der Waals surface area (Å²) in [5, 5.41) is 0. The molecule has 3 aromatic rings. The Balaban J connectivity index is 1.61. The van der Waals surface area contributed by atoms with Crippen molar-refractivity contribution in [3.05, 3.63) is 108 Å². The highest BCUT2D eigenvalue weighted by Crippen LogP contribution is 2.42. The van der Waals surface area contributed by atoms with Crippen LogP contribution in [-0.2, 0) is 15.1 Å². The fourth-order valence-electron chi connectivity index (χ4n) is 4.28. The zero-order chi connectivity index (χ0) is 20.8. The van der Waals surface area contributed by atoms with Gasteiger partial charge in [0.25, 0.3) is 0 Å². The molecule has 30 heavy (non-hydrogen) atoms. The SMILES string of the molecule is CC(C)CCC[C@H]1O[C@H]1COC(c1ccccc1)(c1ccccc1)c1ccccc1. The van der Waals surface area contributed by atoms with Crippen LogP contribution >= 0.6 is 0 Å². The molecule has 1 aliphatic heterocycles. The quantitative estimate of drug-likeness (QED) is 0.283. The van der Waals surface area contributed by atoms with Crippen molar-refractivity contribution in [1.29, 1.82) is 0 Å². The molecule has 1 aliphatic rings. The lowest BCUT2D eigenvalue weighted by atomic mass is 9.80. The first-order valence-corrected chi connectivity index (χ1v) is 11.2. The monoisotopic (exact) mass is 400 g/mol. The Hall–Kier alpha value is -2.42. The molecule has 0 amide bonds. The van der Waals surface area contributed by atoms with Crippen LogP contribution in [0.25, 0.3) is 0 Å². The zero-order valence-corrected chi connectivity index (χ0v) is 18.0. The van der Waals surface area contributed by atoms with Crippen LogP contribution in [0, 0.1) is 5.92 Å². The van der Waals surface area contributed by atoms with Crippen LogP contribution < -0.4 is 0 Å². The third kappa shape index (κ3) is 4.66. The highest BCUT2D eigenvalue weighted by molar-refractivity contribution is 5.47. The lowest BCUT2D eigenvalue weighted by Crippen LogP contribution is -2.34. The molecule has 2 nitrogen and oxygen atoms in total. The van der Waals surface area contributed by atoms with Gasteiger partial charge in [-0.25, -0.2) is 0 Å². The van der Waals surface area contributed by atoms with Gasteiger partial charge in [-0.1, -0.05) is 118 Å². The normalized spacial score (nSPS) is 18.5. The Bertz CT molecular complexity index is 793. The van der Waals surface area contributed by atoms with Crippen molar-refractivity contribution in [1.82, 2.24) is 0 Å². The summed E-state index contributed by atoms with van der Waals surface area (Å²) in [4.78, 5) is 0. The Morgan fingerprint density at radius 1 is 0.733 bits per heavy atom. The molecule has 0 N–H and O–H groups in total. The summed E-state index contributed by atoms with van der Waals surface area (Å²) in [7, 11) is 0. The van der Waals surface area contributed by atoms with Crippen LogP contribution in [0.5, 0.6) is 0 Å². The molecule has 156 valence electrons. The van der Waals surface area contributed by atoms with E-state index in [9.17, 15) is 0 Å². The van der Waals surface area contributed by atoms with Gasteiger partial charge in [-0.2, -0.15) is 0 Å². The summed E-state index contributed by atoms with van der Waals surface area (Å²) in [6.45, 7) is 5.15. The fourth-order valence-corrected chi connectivity index (χ4v) is 4.28. The van der Waals surface area contributed by atoms with Crippen molar-refractivity contribution < 1.29 is 9.47 Å². The number of rotatable bonds is 10. The van der Waals surface area contributed by atoms with Crippen LogP contribution in [0.15, 0.2) is 91.0 Å². The van der Waals surface area contributed by atoms with Crippen LogP contribution in [0.3, 0.4) is 0 Å². The number of benzene rings is 3. The third-order valence-electron chi connectivity index (χ3n) is 5.96. The summed E-state index contributed by atoms with van der Waals surface area (Å²) in [5.41, 5.74) is 2.76. The van der Waals surface area contributed by atoms with E-state index in [-0.39, 0.29) is 6.10 Å². The van der Waals surface area contributed by atoms with Crippen molar-refractivity contribution in [2.45, 2.75) is 50.9 Å². The minimum Gasteiger partial charge on any atom is -0.367 e. The predicted molar refractivity (Wildman–Crippen MR) is 123 cm³/mol. The van der Waals surface area contributed by atoms with Gasteiger partial charge >= 0.3 is 0 Å². The van der Waals surface area contributed by atoms with E-state index in [1.54, 1.807) is 0 Å². The molecule has 2 atom stereocenters. The van der Waals surface area contributed by atoms with Crippen LogP contribution in [0.4, 0.5) is 0 Å². The van der Waals surface area contributed by atoms with Gasteiger partial charge < -0.3 is 9.47 Å². The molecule has 0 spiro atoms. The van der Waals surface area contributed by atoms with Gasteiger partial charge in [0.15, 0.2) is 0 Å². The molecule has 0 aliphatic carbocycles. The minimum absolute atomic E-state index is 0.188. The van der Waals surface area contributed by atoms with Crippen molar-refractivity contribution in [3.8, 4) is 0 Å². The van der Waals surface area contributed by atoms with Crippen molar-refractivity contribution in [2.24, 2.45) is 5.92 Å². The predicted octanol–water partition coefficient (Wildman–Crippen LogP) is 6.59. The maximum Gasteiger partial charge on any atom is 0.143 e. The van der Waals surface area contributed by atoms with E-state index in [0.717, 1.165) is 29.0 Å². The second-order valence-corrected chi connectivity index (χ2v) is 8.63. The largest absolute Gasteiger partial charge is 0.367 e. The molecular weight excluding hydrogens is 368 g/mol. The van der Waals surface area contributed by atoms with E-state index >= 15 is 0 Å². The summed E-state index contributed by atoms with van der Waals surface area (Å²) in [6, 6.07) is 31.6. The molecule has 0 unspecified atom stereocenters. The zero-order valence-electron chi connectivity index (χ0n) is 18.0. The van der Waals surface area contributed by atoms with E-state index < -0.39 is 5.60 Å². The summed E-state index contributed by atoms with van der Waals surface area (Å²) in [5.74, 6) is 0.750. The van der Waals surface area contributed by atoms with E-state index in [2.05, 4.69) is 105 Å². The smallest absolute Gasteiger partial charge is 0.143 e. The van der Waals surface area contributed by atoms with E-state index in [0.29, 0.717) is 12.7 Å². The lowest BCUT2D eigenvalue weighted by molar-refractivity contribution is 0.00427. The number of ether oxygens (including phenoxy) is 2. The number of hydrogen-bond donors (Lipinski definition) is 0. The molecule has 0 radical (unpaired) electrons. The average Bonchev–Trinajstić information content (AvgIpc) is 3.54. The molecule has 1 heterocycles. The second kappa shape index (κ2) is 9.59. The third-order valence-corrected chi connectivity index (χ3v) is 5.96. The van der Waals surface area contributed by atoms with Crippen LogP contribution in [-0.4, -0.2) is 18.8 Å². The average molecular weight is 401 g/mol. The lowest BCUT2D eigenvalue weighted by Gasteiger charge is -2.35. The molecule has 0 saturated carbocycles. The van der Waals surface area contributed by atoms with Gasteiger partial charge in [0.1, 0.15) is 11.7 Å². The molecule has 3 aromatic carbocycles. The molecule has 1 saturated heterocycles. The van der Waals surface area contributed by atoms with E-state index in [4.69, 9.17) is 9.47 Å². The van der Waals surface area contributed by atoms with Crippen molar-refractivity contribution >= 4 is 0 Å². The first-order valence-electron chi connectivity index (χ1n) is 11.2. The molecule has 4 rings (SSSR count). The fraction of sp³-hybridized carbons (Fsp3) is 0.357. The van der Waals surface area contributed by atoms with Gasteiger partial charge in [0.05, 0.1) is 12.7 Å². The van der Waals surface area contributed by atoms with E-state index in [1.165, 1.54) is 12.8 Å². The molecule has 1 fully saturated rings.